The number of hydrogen-bond acceptors (Lipinski definition) is 6. The summed E-state index contributed by atoms with van der Waals surface area (Å²) in [5, 5.41) is 18.4. The van der Waals surface area contributed by atoms with E-state index in [1.807, 2.05) is 34.2 Å². The van der Waals surface area contributed by atoms with E-state index in [0.717, 1.165) is 61.3 Å². The van der Waals surface area contributed by atoms with Crippen LogP contribution >= 0.6 is 0 Å². The third-order valence-electron chi connectivity index (χ3n) is 8.13. The van der Waals surface area contributed by atoms with E-state index in [1.165, 1.54) is 12.8 Å². The molecule has 2 amide bonds. The molecule has 3 fully saturated rings. The zero-order valence-corrected chi connectivity index (χ0v) is 20.0. The molecule has 1 atom stereocenters. The number of nitrogens with zero attached hydrogens (tertiary/aromatic N) is 7. The van der Waals surface area contributed by atoms with Crippen LogP contribution in [-0.4, -0.2) is 78.8 Å². The van der Waals surface area contributed by atoms with Crippen LogP contribution in [-0.2, 0) is 5.54 Å². The molecule has 3 aliphatic rings. The molecule has 3 aromatic heterocycles. The van der Waals surface area contributed by atoms with E-state index in [4.69, 9.17) is 0 Å². The summed E-state index contributed by atoms with van der Waals surface area (Å²) in [7, 11) is 0. The normalized spacial score (nSPS) is 25.7. The first-order valence-electron chi connectivity index (χ1n) is 12.6. The highest BCUT2D eigenvalue weighted by Crippen LogP contribution is 2.45. The van der Waals surface area contributed by atoms with E-state index >= 15 is 0 Å². The minimum Gasteiger partial charge on any atom is -0.346 e. The lowest BCUT2D eigenvalue weighted by Crippen LogP contribution is -2.61. The van der Waals surface area contributed by atoms with Crippen LogP contribution in [0.15, 0.2) is 31.0 Å². The number of carbonyl (C=O) groups excluding carboxylic acids is 1. The van der Waals surface area contributed by atoms with Crippen molar-refractivity contribution in [1.29, 1.82) is 5.26 Å². The lowest BCUT2D eigenvalue weighted by Gasteiger charge is -2.52. The largest absolute Gasteiger partial charge is 0.346 e. The molecule has 35 heavy (non-hydrogen) atoms. The smallest absolute Gasteiger partial charge is 0.317 e. The first-order chi connectivity index (χ1) is 17.1. The van der Waals surface area contributed by atoms with Gasteiger partial charge in [0.2, 0.25) is 0 Å². The van der Waals surface area contributed by atoms with Crippen LogP contribution < -0.4 is 5.32 Å². The molecule has 4 heterocycles. The lowest BCUT2D eigenvalue weighted by atomic mass is 9.70. The average Bonchev–Trinajstić information content (AvgIpc) is 3.39. The average molecular weight is 474 g/mol. The quantitative estimate of drug-likeness (QED) is 0.568. The predicted molar refractivity (Wildman–Crippen MR) is 130 cm³/mol. The van der Waals surface area contributed by atoms with Crippen molar-refractivity contribution in [1.82, 2.24) is 39.8 Å². The number of urea groups is 1. The van der Waals surface area contributed by atoms with Gasteiger partial charge in [-0.25, -0.2) is 14.8 Å². The molecule has 0 radical (unpaired) electrons. The summed E-state index contributed by atoms with van der Waals surface area (Å²) in [6.45, 7) is 5.35. The molecule has 2 N–H and O–H groups in total. The van der Waals surface area contributed by atoms with Gasteiger partial charge in [-0.15, -0.1) is 0 Å². The van der Waals surface area contributed by atoms with Gasteiger partial charge in [0.05, 0.1) is 29.9 Å². The number of nitrogens with one attached hydrogen (secondary N) is 2. The molecule has 10 heteroatoms. The van der Waals surface area contributed by atoms with Gasteiger partial charge in [-0.2, -0.15) is 10.4 Å². The first-order valence-corrected chi connectivity index (χ1v) is 12.6. The lowest BCUT2D eigenvalue weighted by molar-refractivity contribution is -0.0130. The standard InChI is InChI=1S/C25H31N9O/c1-17(18-2-3-18)31-24(35)33-10-8-32(9-11-33)20-12-25(13-20,5-6-26)34-15-19(14-30-34)22-21-4-7-27-23(21)29-16-28-22/h4,7,14-18,20H,2-3,5,8-13H2,1H3,(H,31,35)(H,27,28,29)/t17-,20?,25?/m1/s1. The number of H-pyrrole nitrogens is 1. The summed E-state index contributed by atoms with van der Waals surface area (Å²) >= 11 is 0. The number of piperazine rings is 1. The zero-order chi connectivity index (χ0) is 24.0. The molecule has 1 saturated heterocycles. The monoisotopic (exact) mass is 473 g/mol. The Balaban J connectivity index is 1.10. The summed E-state index contributed by atoms with van der Waals surface area (Å²) < 4.78 is 1.98. The zero-order valence-electron chi connectivity index (χ0n) is 20.0. The fraction of sp³-hybridized carbons (Fsp3) is 0.560. The highest BCUT2D eigenvalue weighted by molar-refractivity contribution is 5.90. The second-order valence-corrected chi connectivity index (χ2v) is 10.4. The van der Waals surface area contributed by atoms with Crippen molar-refractivity contribution in [3.05, 3.63) is 31.0 Å². The topological polar surface area (TPSA) is 119 Å². The van der Waals surface area contributed by atoms with Gasteiger partial charge in [0, 0.05) is 61.6 Å². The number of fused-ring (bicyclic) bond motifs is 1. The Kier molecular flexibility index (Phi) is 5.44. The molecule has 10 nitrogen and oxygen atoms in total. The second-order valence-electron chi connectivity index (χ2n) is 10.4. The molecule has 2 aliphatic carbocycles. The number of nitriles is 1. The molecular formula is C25H31N9O. The maximum absolute atomic E-state index is 12.6. The van der Waals surface area contributed by atoms with Crippen molar-refractivity contribution < 1.29 is 4.79 Å². The number of carbonyl (C=O) groups is 1. The molecule has 0 spiro atoms. The Labute approximate surface area is 204 Å². The number of amides is 2. The van der Waals surface area contributed by atoms with Crippen LogP contribution in [0.1, 0.15) is 39.0 Å². The van der Waals surface area contributed by atoms with Gasteiger partial charge in [0.15, 0.2) is 0 Å². The summed E-state index contributed by atoms with van der Waals surface area (Å²) in [5.74, 6) is 0.662. The number of hydrogen-bond donors (Lipinski definition) is 2. The van der Waals surface area contributed by atoms with Crippen molar-refractivity contribution in [2.75, 3.05) is 26.2 Å². The second kappa shape index (κ2) is 8.64. The van der Waals surface area contributed by atoms with E-state index in [2.05, 4.69) is 43.3 Å². The van der Waals surface area contributed by atoms with E-state index in [0.29, 0.717) is 18.4 Å². The molecule has 2 saturated carbocycles. The molecule has 0 aromatic carbocycles. The minimum absolute atomic E-state index is 0.0711. The third kappa shape index (κ3) is 4.04. The van der Waals surface area contributed by atoms with Crippen LogP contribution in [0.25, 0.3) is 22.3 Å². The molecule has 0 unspecified atom stereocenters. The highest BCUT2D eigenvalue weighted by Gasteiger charge is 2.49. The maximum Gasteiger partial charge on any atom is 0.317 e. The number of aromatic nitrogens is 5. The van der Waals surface area contributed by atoms with Crippen LogP contribution in [0.4, 0.5) is 4.79 Å². The summed E-state index contributed by atoms with van der Waals surface area (Å²) in [5.41, 5.74) is 2.28. The SMILES string of the molecule is C[C@@H](NC(=O)N1CCN(C2CC(CC#N)(n3cc(-c4ncnc5[nH]ccc45)cn3)C2)CC1)C1CC1. The van der Waals surface area contributed by atoms with Crippen molar-refractivity contribution in [3.8, 4) is 17.3 Å². The first kappa shape index (κ1) is 22.0. The molecule has 0 bridgehead atoms. The van der Waals surface area contributed by atoms with Crippen LogP contribution in [0.2, 0.25) is 0 Å². The van der Waals surface area contributed by atoms with E-state index in [-0.39, 0.29) is 17.6 Å². The molecule has 3 aromatic rings. The van der Waals surface area contributed by atoms with Crippen molar-refractivity contribution in [3.63, 3.8) is 0 Å². The van der Waals surface area contributed by atoms with Crippen molar-refractivity contribution in [2.45, 2.75) is 56.7 Å². The van der Waals surface area contributed by atoms with Gasteiger partial charge >= 0.3 is 6.03 Å². The van der Waals surface area contributed by atoms with Crippen LogP contribution in [0.3, 0.4) is 0 Å². The molecular weight excluding hydrogens is 442 g/mol. The Morgan fingerprint density at radius 2 is 2.09 bits per heavy atom. The van der Waals surface area contributed by atoms with E-state index in [1.54, 1.807) is 6.33 Å². The van der Waals surface area contributed by atoms with Gasteiger partial charge in [0.1, 0.15) is 12.0 Å². The Morgan fingerprint density at radius 3 is 2.83 bits per heavy atom. The van der Waals surface area contributed by atoms with E-state index in [9.17, 15) is 10.1 Å². The number of aromatic amines is 1. The highest BCUT2D eigenvalue weighted by atomic mass is 16.2. The fourth-order valence-electron chi connectivity index (χ4n) is 5.73. The van der Waals surface area contributed by atoms with Gasteiger partial charge in [0.25, 0.3) is 0 Å². The molecule has 182 valence electrons. The van der Waals surface area contributed by atoms with Crippen LogP contribution in [0, 0.1) is 17.2 Å². The van der Waals surface area contributed by atoms with Crippen molar-refractivity contribution >= 4 is 17.1 Å². The minimum atomic E-state index is -0.295. The third-order valence-corrected chi connectivity index (χ3v) is 8.13. The summed E-state index contributed by atoms with van der Waals surface area (Å²) in [6, 6.07) is 5.11. The Morgan fingerprint density at radius 1 is 1.29 bits per heavy atom. The Hall–Kier alpha value is -3.45. The van der Waals surface area contributed by atoms with Gasteiger partial charge in [-0.1, -0.05) is 0 Å². The maximum atomic E-state index is 12.6. The van der Waals surface area contributed by atoms with Gasteiger partial charge < -0.3 is 15.2 Å². The fourth-order valence-corrected chi connectivity index (χ4v) is 5.73. The molecule has 6 rings (SSSR count). The van der Waals surface area contributed by atoms with E-state index < -0.39 is 0 Å². The Bertz CT molecular complexity index is 1260. The summed E-state index contributed by atoms with van der Waals surface area (Å²) in [4.78, 5) is 28.9. The number of rotatable bonds is 6. The summed E-state index contributed by atoms with van der Waals surface area (Å²) in [6.07, 6.45) is 11.9. The van der Waals surface area contributed by atoms with Crippen LogP contribution in [0.5, 0.6) is 0 Å². The van der Waals surface area contributed by atoms with Gasteiger partial charge in [-0.3, -0.25) is 9.58 Å². The molecule has 1 aliphatic heterocycles. The van der Waals surface area contributed by atoms with Crippen molar-refractivity contribution in [2.24, 2.45) is 5.92 Å². The van der Waals surface area contributed by atoms with Gasteiger partial charge in [-0.05, 0) is 44.6 Å². The predicted octanol–water partition coefficient (Wildman–Crippen LogP) is 2.72.